The molecule has 31 heavy (non-hydrogen) atoms. The fourth-order valence-electron chi connectivity index (χ4n) is 3.70. The van der Waals surface area contributed by atoms with Gasteiger partial charge in [-0.1, -0.05) is 24.8 Å². The van der Waals surface area contributed by atoms with E-state index in [9.17, 15) is 4.79 Å². The van der Waals surface area contributed by atoms with Gasteiger partial charge in [-0.05, 0) is 66.3 Å². The Morgan fingerprint density at radius 3 is 2.52 bits per heavy atom. The zero-order chi connectivity index (χ0) is 22.5. The van der Waals surface area contributed by atoms with Crippen LogP contribution < -0.4 is 4.74 Å². The second kappa shape index (κ2) is 9.60. The molecule has 6 nitrogen and oxygen atoms in total. The molecular weight excluding hydrogens is 392 g/mol. The summed E-state index contributed by atoms with van der Waals surface area (Å²) in [6.45, 7) is 8.36. The van der Waals surface area contributed by atoms with Crippen LogP contribution in [0, 0.1) is 25.7 Å². The largest absolute Gasteiger partial charge is 0.497 e. The van der Waals surface area contributed by atoms with E-state index in [1.165, 1.54) is 11.8 Å². The fraction of sp³-hybridized carbons (Fsp3) is 0.320. The Balaban J connectivity index is 1.67. The third-order valence-electron chi connectivity index (χ3n) is 5.44. The van der Waals surface area contributed by atoms with Crippen LogP contribution in [0.3, 0.4) is 0 Å². The molecule has 1 saturated carbocycles. The molecule has 0 saturated heterocycles. The summed E-state index contributed by atoms with van der Waals surface area (Å²) in [5, 5.41) is 9.02. The van der Waals surface area contributed by atoms with Gasteiger partial charge in [0.2, 0.25) is 5.90 Å². The highest BCUT2D eigenvalue weighted by molar-refractivity contribution is 6.26. The summed E-state index contributed by atoms with van der Waals surface area (Å²) in [4.78, 5) is 19.4. The molecule has 0 aliphatic heterocycles. The van der Waals surface area contributed by atoms with Crippen molar-refractivity contribution in [3.05, 3.63) is 65.4 Å². The third-order valence-corrected chi connectivity index (χ3v) is 5.44. The Labute approximate surface area is 183 Å². The second-order valence-corrected chi connectivity index (χ2v) is 7.72. The van der Waals surface area contributed by atoms with Gasteiger partial charge in [-0.3, -0.25) is 14.8 Å². The fourth-order valence-corrected chi connectivity index (χ4v) is 3.70. The van der Waals surface area contributed by atoms with Gasteiger partial charge in [0.25, 0.3) is 0 Å². The molecule has 0 unspecified atom stereocenters. The van der Waals surface area contributed by atoms with E-state index in [0.29, 0.717) is 24.6 Å². The first-order valence-corrected chi connectivity index (χ1v) is 10.1. The quantitative estimate of drug-likeness (QED) is 0.490. The van der Waals surface area contributed by atoms with Gasteiger partial charge in [0, 0.05) is 18.7 Å². The number of rotatable bonds is 8. The van der Waals surface area contributed by atoms with E-state index in [0.717, 1.165) is 28.0 Å². The van der Waals surface area contributed by atoms with Crippen LogP contribution in [0.2, 0.25) is 0 Å². The molecule has 1 fully saturated rings. The number of carboxylic acids is 1. The van der Waals surface area contributed by atoms with E-state index >= 15 is 0 Å². The Hall–Kier alpha value is -3.41. The average molecular weight is 421 g/mol. The van der Waals surface area contributed by atoms with E-state index in [1.54, 1.807) is 14.2 Å². The summed E-state index contributed by atoms with van der Waals surface area (Å²) in [6.07, 6.45) is 2.09. The molecule has 0 radical (unpaired) electrons. The summed E-state index contributed by atoms with van der Waals surface area (Å²) in [7, 11) is 3.30. The van der Waals surface area contributed by atoms with Gasteiger partial charge in [0.05, 0.1) is 19.2 Å². The Bertz CT molecular complexity index is 1030. The highest BCUT2D eigenvalue weighted by Crippen LogP contribution is 2.44. The predicted octanol–water partition coefficient (Wildman–Crippen LogP) is 4.83. The average Bonchev–Trinajstić information content (AvgIpc) is 3.55. The molecule has 2 aromatic carbocycles. The first-order valence-electron chi connectivity index (χ1n) is 10.1. The number of allylic oxidation sites excluding steroid dienone is 1. The minimum absolute atomic E-state index is 0.0977. The number of hydrogen-bond donors (Lipinski definition) is 1. The number of aliphatic carboxylic acids is 1. The lowest BCUT2D eigenvalue weighted by Gasteiger charge is -2.14. The SMILES string of the molecule is C=C(/N=C\C(=N/C)OCc1cccc(-c2c(C)cc(OC)cc2C)c1)[C@H]1C[C@@H]1C(=O)O. The van der Waals surface area contributed by atoms with Gasteiger partial charge >= 0.3 is 5.97 Å². The molecule has 6 heteroatoms. The van der Waals surface area contributed by atoms with Crippen LogP contribution in [0.4, 0.5) is 0 Å². The molecule has 3 rings (SSSR count). The molecule has 0 aromatic heterocycles. The van der Waals surface area contributed by atoms with Crippen molar-refractivity contribution in [3.8, 4) is 16.9 Å². The van der Waals surface area contributed by atoms with Gasteiger partial charge < -0.3 is 14.6 Å². The van der Waals surface area contributed by atoms with Crippen molar-refractivity contribution in [2.75, 3.05) is 14.2 Å². The number of benzene rings is 2. The van der Waals surface area contributed by atoms with E-state index in [4.69, 9.17) is 14.6 Å². The molecule has 1 N–H and O–H groups in total. The van der Waals surface area contributed by atoms with Crippen LogP contribution in [-0.2, 0) is 16.1 Å². The molecule has 0 bridgehead atoms. The van der Waals surface area contributed by atoms with Gasteiger partial charge in [0.1, 0.15) is 12.4 Å². The van der Waals surface area contributed by atoms with Crippen molar-refractivity contribution < 1.29 is 19.4 Å². The number of carbonyl (C=O) groups is 1. The number of hydrogen-bond acceptors (Lipinski definition) is 5. The number of ether oxygens (including phenoxy) is 2. The van der Waals surface area contributed by atoms with Crippen molar-refractivity contribution in [2.45, 2.75) is 26.9 Å². The normalized spacial score (nSPS) is 18.1. The molecule has 2 atom stereocenters. The van der Waals surface area contributed by atoms with Crippen molar-refractivity contribution in [1.29, 1.82) is 0 Å². The smallest absolute Gasteiger partial charge is 0.307 e. The number of nitrogens with zero attached hydrogens (tertiary/aromatic N) is 2. The Morgan fingerprint density at radius 1 is 1.23 bits per heavy atom. The number of aliphatic imine (C=N–C) groups is 2. The lowest BCUT2D eigenvalue weighted by Crippen LogP contribution is -2.07. The van der Waals surface area contributed by atoms with Crippen LogP contribution >= 0.6 is 0 Å². The van der Waals surface area contributed by atoms with E-state index < -0.39 is 5.97 Å². The standard InChI is InChI=1S/C25H28N2O4/c1-15-9-20(30-5)10-16(2)24(15)19-8-6-7-18(11-19)14-31-23(26-4)13-27-17(3)21-12-22(21)25(28)29/h6-11,13,21-22H,3,12,14H2,1-2,4-5H3,(H,28,29)/b26-23+,27-13-/t21-,22+/m1/s1. The minimum Gasteiger partial charge on any atom is -0.497 e. The maximum atomic E-state index is 11.0. The molecule has 0 spiro atoms. The van der Waals surface area contributed by atoms with Crippen LogP contribution in [0.5, 0.6) is 5.75 Å². The summed E-state index contributed by atoms with van der Waals surface area (Å²) < 4.78 is 11.2. The zero-order valence-corrected chi connectivity index (χ0v) is 18.4. The minimum atomic E-state index is -0.802. The topological polar surface area (TPSA) is 80.5 Å². The number of aryl methyl sites for hydroxylation is 2. The van der Waals surface area contributed by atoms with Gasteiger partial charge in [-0.2, -0.15) is 0 Å². The van der Waals surface area contributed by atoms with Gasteiger partial charge in [-0.25, -0.2) is 0 Å². The number of methoxy groups -OCH3 is 1. The van der Waals surface area contributed by atoms with E-state index in [-0.39, 0.29) is 11.8 Å². The van der Waals surface area contributed by atoms with E-state index in [2.05, 4.69) is 42.5 Å². The van der Waals surface area contributed by atoms with E-state index in [1.807, 2.05) is 24.3 Å². The highest BCUT2D eigenvalue weighted by atomic mass is 16.5. The lowest BCUT2D eigenvalue weighted by atomic mass is 9.94. The molecule has 0 heterocycles. The van der Waals surface area contributed by atoms with Gasteiger partial charge in [0.15, 0.2) is 0 Å². The summed E-state index contributed by atoms with van der Waals surface area (Å²) >= 11 is 0. The third kappa shape index (κ3) is 5.40. The van der Waals surface area contributed by atoms with Crippen LogP contribution in [-0.4, -0.2) is 37.3 Å². The molecule has 1 aliphatic carbocycles. The molecular formula is C25H28N2O4. The summed E-state index contributed by atoms with van der Waals surface area (Å²) in [5.74, 6) is -0.0522. The first kappa shape index (κ1) is 22.3. The zero-order valence-electron chi connectivity index (χ0n) is 18.4. The molecule has 0 amide bonds. The second-order valence-electron chi connectivity index (χ2n) is 7.72. The lowest BCUT2D eigenvalue weighted by molar-refractivity contribution is -0.138. The van der Waals surface area contributed by atoms with Crippen LogP contribution in [0.15, 0.2) is 58.7 Å². The van der Waals surface area contributed by atoms with Crippen molar-refractivity contribution in [3.63, 3.8) is 0 Å². The van der Waals surface area contributed by atoms with Crippen molar-refractivity contribution >= 4 is 18.1 Å². The monoisotopic (exact) mass is 420 g/mol. The molecule has 1 aliphatic rings. The Kier molecular flexibility index (Phi) is 6.90. The summed E-state index contributed by atoms with van der Waals surface area (Å²) in [6, 6.07) is 12.3. The maximum absolute atomic E-state index is 11.0. The first-order chi connectivity index (χ1) is 14.8. The Morgan fingerprint density at radius 2 is 1.94 bits per heavy atom. The van der Waals surface area contributed by atoms with Crippen LogP contribution in [0.25, 0.3) is 11.1 Å². The molecule has 162 valence electrons. The highest BCUT2D eigenvalue weighted by Gasteiger charge is 2.45. The number of carboxylic acid groups (broad SMARTS) is 1. The summed E-state index contributed by atoms with van der Waals surface area (Å²) in [5.41, 5.74) is 6.15. The van der Waals surface area contributed by atoms with Crippen molar-refractivity contribution in [1.82, 2.24) is 0 Å². The maximum Gasteiger partial charge on any atom is 0.307 e. The van der Waals surface area contributed by atoms with Gasteiger partial charge in [-0.15, -0.1) is 0 Å². The van der Waals surface area contributed by atoms with Crippen LogP contribution in [0.1, 0.15) is 23.1 Å². The van der Waals surface area contributed by atoms with Crippen molar-refractivity contribution in [2.24, 2.45) is 21.8 Å². The molecule has 2 aromatic rings. The predicted molar refractivity (Wildman–Crippen MR) is 123 cm³/mol.